The van der Waals surface area contributed by atoms with Gasteiger partial charge in [0.1, 0.15) is 23.9 Å². The van der Waals surface area contributed by atoms with Gasteiger partial charge in [0.05, 0.1) is 17.9 Å². The molecule has 2 aliphatic rings. The first-order valence-electron chi connectivity index (χ1n) is 15.7. The van der Waals surface area contributed by atoms with Crippen molar-refractivity contribution in [2.45, 2.75) is 108 Å². The van der Waals surface area contributed by atoms with Crippen LogP contribution in [0.25, 0.3) is 0 Å². The molecule has 260 valence electrons. The van der Waals surface area contributed by atoms with E-state index in [2.05, 4.69) is 9.97 Å². The first kappa shape index (κ1) is 35.4. The Hall–Kier alpha value is -3.95. The molecular formula is C34H40F2N2O10. The third-order valence-electron chi connectivity index (χ3n) is 7.85. The Morgan fingerprint density at radius 3 is 2.25 bits per heavy atom. The van der Waals surface area contributed by atoms with Crippen LogP contribution in [0.5, 0.6) is 17.4 Å². The predicted molar refractivity (Wildman–Crippen MR) is 165 cm³/mol. The van der Waals surface area contributed by atoms with Crippen molar-refractivity contribution in [1.82, 2.24) is 9.97 Å². The van der Waals surface area contributed by atoms with Crippen molar-refractivity contribution in [3.05, 3.63) is 77.2 Å². The van der Waals surface area contributed by atoms with Gasteiger partial charge in [-0.2, -0.15) is 8.78 Å². The number of alkyl halides is 2. The van der Waals surface area contributed by atoms with Crippen molar-refractivity contribution in [2.75, 3.05) is 0 Å². The Balaban J connectivity index is 1.39. The van der Waals surface area contributed by atoms with Crippen LogP contribution in [0.15, 0.2) is 54.9 Å². The van der Waals surface area contributed by atoms with Crippen molar-refractivity contribution >= 4 is 5.97 Å². The SMILES string of the molecule is CC(C)OC(=O)C1O[C@@H](Oc2ccc(C[C@H](c3ccc(C(C)(C)O)nc3)c3ccc(OC(F)F)c(OC4CC4)c3)cn2)[C@H](O)C(O)[C@@H]1O. The molecule has 2 fully saturated rings. The number of aliphatic hydroxyl groups excluding tert-OH is 3. The minimum Gasteiger partial charge on any atom is -0.487 e. The average Bonchev–Trinajstić information content (AvgIpc) is 3.85. The molecular weight excluding hydrogens is 634 g/mol. The van der Waals surface area contributed by atoms with Crippen molar-refractivity contribution in [2.24, 2.45) is 0 Å². The molecule has 12 nitrogen and oxygen atoms in total. The summed E-state index contributed by atoms with van der Waals surface area (Å²) >= 11 is 0. The van der Waals surface area contributed by atoms with Gasteiger partial charge in [-0.25, -0.2) is 9.78 Å². The van der Waals surface area contributed by atoms with E-state index in [4.69, 9.17) is 23.7 Å². The third-order valence-corrected chi connectivity index (χ3v) is 7.85. The van der Waals surface area contributed by atoms with Crippen molar-refractivity contribution in [3.8, 4) is 17.4 Å². The molecule has 1 aliphatic carbocycles. The van der Waals surface area contributed by atoms with Gasteiger partial charge in [-0.05, 0) is 81.8 Å². The average molecular weight is 675 g/mol. The molecule has 1 aliphatic heterocycles. The molecule has 2 unspecified atom stereocenters. The maximum atomic E-state index is 13.1. The highest BCUT2D eigenvalue weighted by Gasteiger charge is 2.49. The number of ether oxygens (including phenoxy) is 5. The van der Waals surface area contributed by atoms with E-state index in [-0.39, 0.29) is 29.4 Å². The molecule has 1 saturated carbocycles. The van der Waals surface area contributed by atoms with E-state index in [1.165, 1.54) is 18.3 Å². The van der Waals surface area contributed by atoms with Crippen LogP contribution in [-0.4, -0.2) is 85.9 Å². The fraction of sp³-hybridized carbons (Fsp3) is 0.500. The van der Waals surface area contributed by atoms with Gasteiger partial charge < -0.3 is 44.1 Å². The molecule has 1 saturated heterocycles. The van der Waals surface area contributed by atoms with Gasteiger partial charge in [0.15, 0.2) is 17.6 Å². The number of aliphatic hydroxyl groups is 4. The van der Waals surface area contributed by atoms with Crippen LogP contribution in [-0.2, 0) is 26.3 Å². The van der Waals surface area contributed by atoms with E-state index in [1.54, 1.807) is 58.2 Å². The zero-order chi connectivity index (χ0) is 34.7. The van der Waals surface area contributed by atoms with Crippen molar-refractivity contribution in [3.63, 3.8) is 0 Å². The number of hydrogen-bond acceptors (Lipinski definition) is 12. The zero-order valence-corrected chi connectivity index (χ0v) is 26.9. The van der Waals surface area contributed by atoms with E-state index in [0.29, 0.717) is 12.1 Å². The van der Waals surface area contributed by atoms with E-state index in [0.717, 1.165) is 29.5 Å². The number of pyridine rings is 2. The molecule has 0 radical (unpaired) electrons. The van der Waals surface area contributed by atoms with Gasteiger partial charge in [-0.1, -0.05) is 18.2 Å². The lowest BCUT2D eigenvalue weighted by molar-refractivity contribution is -0.273. The zero-order valence-electron chi connectivity index (χ0n) is 26.9. The Labute approximate surface area is 276 Å². The minimum absolute atomic E-state index is 0.00346. The van der Waals surface area contributed by atoms with Crippen molar-refractivity contribution < 1.29 is 57.7 Å². The highest BCUT2D eigenvalue weighted by molar-refractivity contribution is 5.76. The quantitative estimate of drug-likeness (QED) is 0.195. The number of hydrogen-bond donors (Lipinski definition) is 4. The molecule has 0 amide bonds. The van der Waals surface area contributed by atoms with Gasteiger partial charge in [0.2, 0.25) is 12.2 Å². The maximum Gasteiger partial charge on any atom is 0.387 e. The Morgan fingerprint density at radius 1 is 0.938 bits per heavy atom. The van der Waals surface area contributed by atoms with Crippen LogP contribution in [0.3, 0.4) is 0 Å². The normalized spacial score (nSPS) is 23.5. The van der Waals surface area contributed by atoms with Crippen LogP contribution >= 0.6 is 0 Å². The molecule has 4 N–H and O–H groups in total. The summed E-state index contributed by atoms with van der Waals surface area (Å²) in [5.41, 5.74) is 1.54. The van der Waals surface area contributed by atoms with Crippen LogP contribution in [0.1, 0.15) is 68.8 Å². The fourth-order valence-electron chi connectivity index (χ4n) is 5.19. The summed E-state index contributed by atoms with van der Waals surface area (Å²) in [4.78, 5) is 21.2. The molecule has 3 aromatic rings. The molecule has 2 aromatic heterocycles. The summed E-state index contributed by atoms with van der Waals surface area (Å²) in [5.74, 6) is -1.14. The summed E-state index contributed by atoms with van der Waals surface area (Å²) in [7, 11) is 0. The van der Waals surface area contributed by atoms with Gasteiger partial charge in [0, 0.05) is 24.4 Å². The van der Waals surface area contributed by atoms with Crippen LogP contribution in [0, 0.1) is 0 Å². The maximum absolute atomic E-state index is 13.1. The summed E-state index contributed by atoms with van der Waals surface area (Å²) in [6, 6.07) is 11.6. The smallest absolute Gasteiger partial charge is 0.387 e. The topological polar surface area (TPSA) is 170 Å². The second-order valence-electron chi connectivity index (χ2n) is 12.7. The van der Waals surface area contributed by atoms with Gasteiger partial charge in [-0.3, -0.25) is 4.98 Å². The van der Waals surface area contributed by atoms with E-state index in [9.17, 15) is 34.0 Å². The van der Waals surface area contributed by atoms with Crippen LogP contribution in [0.2, 0.25) is 0 Å². The first-order chi connectivity index (χ1) is 22.7. The Bertz CT molecular complexity index is 1530. The molecule has 0 spiro atoms. The third kappa shape index (κ3) is 8.74. The van der Waals surface area contributed by atoms with Crippen molar-refractivity contribution in [1.29, 1.82) is 0 Å². The number of esters is 1. The molecule has 14 heteroatoms. The standard InChI is InChI=1S/C34H40F2N2O10/c1-17(2)44-31(42)30-28(40)27(39)29(41)32(48-30)47-26-12-5-18(15-38-26)13-22(20-7-11-25(37-16-20)34(3,4)43)19-6-10-23(46-33(35)36)24(14-19)45-21-8-9-21/h5-7,10-12,14-17,21-22,27-30,32-33,39-41,43H,8-9,13H2,1-4H3/t22-,27?,28-,29+,30?,32+/m0/s1. The molecule has 0 bridgehead atoms. The summed E-state index contributed by atoms with van der Waals surface area (Å²) in [5, 5.41) is 41.5. The Kier molecular flexibility index (Phi) is 10.8. The predicted octanol–water partition coefficient (Wildman–Crippen LogP) is 3.36. The van der Waals surface area contributed by atoms with Gasteiger partial charge in [-0.15, -0.1) is 0 Å². The fourth-order valence-corrected chi connectivity index (χ4v) is 5.19. The highest BCUT2D eigenvalue weighted by atomic mass is 19.3. The molecule has 5 rings (SSSR count). The highest BCUT2D eigenvalue weighted by Crippen LogP contribution is 2.39. The molecule has 6 atom stereocenters. The monoisotopic (exact) mass is 674 g/mol. The Morgan fingerprint density at radius 2 is 1.67 bits per heavy atom. The number of carbonyl (C=O) groups excluding carboxylic acids is 1. The number of nitrogens with zero attached hydrogens (tertiary/aromatic N) is 2. The lowest BCUT2D eigenvalue weighted by Crippen LogP contribution is -2.61. The molecule has 3 heterocycles. The van der Waals surface area contributed by atoms with Gasteiger partial charge in [0.25, 0.3) is 0 Å². The minimum atomic E-state index is -3.02. The van der Waals surface area contributed by atoms with E-state index < -0.39 is 55.0 Å². The number of benzene rings is 1. The first-order valence-corrected chi connectivity index (χ1v) is 15.7. The lowest BCUT2D eigenvalue weighted by atomic mass is 9.86. The number of halogens is 2. The van der Waals surface area contributed by atoms with E-state index in [1.807, 2.05) is 6.07 Å². The largest absolute Gasteiger partial charge is 0.487 e. The summed E-state index contributed by atoms with van der Waals surface area (Å²) in [6.07, 6.45) is -3.74. The number of aromatic nitrogens is 2. The van der Waals surface area contributed by atoms with E-state index >= 15 is 0 Å². The number of rotatable bonds is 13. The lowest BCUT2D eigenvalue weighted by Gasteiger charge is -2.38. The van der Waals surface area contributed by atoms with Crippen LogP contribution in [0.4, 0.5) is 8.78 Å². The number of carbonyl (C=O) groups is 1. The molecule has 1 aromatic carbocycles. The molecule has 48 heavy (non-hydrogen) atoms. The second kappa shape index (κ2) is 14.7. The second-order valence-corrected chi connectivity index (χ2v) is 12.7. The van der Waals surface area contributed by atoms with Crippen LogP contribution < -0.4 is 14.2 Å². The summed E-state index contributed by atoms with van der Waals surface area (Å²) < 4.78 is 53.2. The summed E-state index contributed by atoms with van der Waals surface area (Å²) in [6.45, 7) is 3.46. The van der Waals surface area contributed by atoms with Gasteiger partial charge >= 0.3 is 12.6 Å².